The van der Waals surface area contributed by atoms with E-state index in [2.05, 4.69) is 0 Å². The third-order valence-electron chi connectivity index (χ3n) is 1.53. The van der Waals surface area contributed by atoms with Crippen LogP contribution in [0, 0.1) is 5.21 Å². The maximum atomic E-state index is 10.9. The van der Waals surface area contributed by atoms with Crippen molar-refractivity contribution < 1.29 is 14.3 Å². The van der Waals surface area contributed by atoms with Gasteiger partial charge in [-0.2, -0.15) is 4.73 Å². The van der Waals surface area contributed by atoms with E-state index in [1.165, 1.54) is 18.5 Å². The molecule has 0 atom stereocenters. The number of nitrogens with zero attached hydrogens (tertiary/aromatic N) is 1. The zero-order chi connectivity index (χ0) is 10.4. The van der Waals surface area contributed by atoms with Gasteiger partial charge in [0.25, 0.3) is 0 Å². The monoisotopic (exact) mass is 193 g/mol. The third-order valence-corrected chi connectivity index (χ3v) is 1.53. The molecule has 0 saturated carbocycles. The molecule has 0 spiro atoms. The molecule has 1 aromatic rings. The maximum absolute atomic E-state index is 10.9. The average Bonchev–Trinajstić information content (AvgIpc) is 2.17. The highest BCUT2D eigenvalue weighted by atomic mass is 16.5. The normalized spacial score (nSPS) is 10.4. The molecule has 0 bridgehead atoms. The fourth-order valence-electron chi connectivity index (χ4n) is 0.890. The number of hydrogen-bond donors (Lipinski definition) is 0. The Labute approximate surface area is 82.0 Å². The van der Waals surface area contributed by atoms with Crippen molar-refractivity contribution in [2.45, 2.75) is 6.92 Å². The number of rotatable bonds is 3. The first kappa shape index (κ1) is 10.2. The van der Waals surface area contributed by atoms with Gasteiger partial charge in [0.1, 0.15) is 0 Å². The molecule has 1 rings (SSSR count). The Balaban J connectivity index is 2.60. The van der Waals surface area contributed by atoms with Gasteiger partial charge < -0.3 is 9.94 Å². The first-order valence-electron chi connectivity index (χ1n) is 4.26. The van der Waals surface area contributed by atoms with Gasteiger partial charge in [-0.25, -0.2) is 4.79 Å². The van der Waals surface area contributed by atoms with Gasteiger partial charge in [0.15, 0.2) is 12.4 Å². The number of carbonyl (C=O) groups is 1. The van der Waals surface area contributed by atoms with Crippen LogP contribution in [-0.2, 0) is 9.53 Å². The highest BCUT2D eigenvalue weighted by molar-refractivity contribution is 5.86. The lowest BCUT2D eigenvalue weighted by Crippen LogP contribution is -2.23. The zero-order valence-electron chi connectivity index (χ0n) is 7.84. The van der Waals surface area contributed by atoms with Crippen molar-refractivity contribution in [1.82, 2.24) is 0 Å². The number of pyridine rings is 1. The van der Waals surface area contributed by atoms with E-state index in [0.29, 0.717) is 11.3 Å². The predicted molar refractivity (Wildman–Crippen MR) is 51.1 cm³/mol. The Morgan fingerprint density at radius 1 is 1.57 bits per heavy atom. The first-order valence-corrected chi connectivity index (χ1v) is 4.26. The van der Waals surface area contributed by atoms with Crippen molar-refractivity contribution in [3.8, 4) is 0 Å². The summed E-state index contributed by atoms with van der Waals surface area (Å²) in [6.07, 6.45) is 5.65. The molecule has 4 nitrogen and oxygen atoms in total. The molecule has 0 aliphatic rings. The molecular formula is C10H11NO3. The summed E-state index contributed by atoms with van der Waals surface area (Å²) in [6, 6.07) is 3.23. The molecule has 74 valence electrons. The van der Waals surface area contributed by atoms with Crippen LogP contribution in [0.2, 0.25) is 0 Å². The van der Waals surface area contributed by atoms with Crippen molar-refractivity contribution in [3.63, 3.8) is 0 Å². The maximum Gasteiger partial charge on any atom is 0.330 e. The molecular weight excluding hydrogens is 182 g/mol. The SMILES string of the molecule is CCOC(=O)/C=C/c1cc[n+]([O-])cc1. The Hall–Kier alpha value is -1.84. The lowest BCUT2D eigenvalue weighted by Gasteiger charge is -1.96. The van der Waals surface area contributed by atoms with Crippen LogP contribution in [0.1, 0.15) is 12.5 Å². The molecule has 4 heteroatoms. The van der Waals surface area contributed by atoms with Crippen molar-refractivity contribution in [1.29, 1.82) is 0 Å². The van der Waals surface area contributed by atoms with Gasteiger partial charge in [-0.05, 0) is 18.6 Å². The number of ether oxygens (including phenoxy) is 1. The van der Waals surface area contributed by atoms with E-state index in [4.69, 9.17) is 4.74 Å². The summed E-state index contributed by atoms with van der Waals surface area (Å²) in [6.45, 7) is 2.10. The average molecular weight is 193 g/mol. The minimum absolute atomic E-state index is 0.360. The summed E-state index contributed by atoms with van der Waals surface area (Å²) in [5.74, 6) is -0.383. The smallest absolute Gasteiger partial charge is 0.330 e. The van der Waals surface area contributed by atoms with Gasteiger partial charge in [-0.15, -0.1) is 0 Å². The van der Waals surface area contributed by atoms with Gasteiger partial charge >= 0.3 is 5.97 Å². The number of esters is 1. The van der Waals surface area contributed by atoms with E-state index in [1.807, 2.05) is 0 Å². The molecule has 0 amide bonds. The van der Waals surface area contributed by atoms with Crippen molar-refractivity contribution in [2.75, 3.05) is 6.61 Å². The second-order valence-corrected chi connectivity index (χ2v) is 2.58. The molecule has 0 N–H and O–H groups in total. The van der Waals surface area contributed by atoms with Crippen LogP contribution in [-0.4, -0.2) is 12.6 Å². The Morgan fingerprint density at radius 3 is 2.79 bits per heavy atom. The van der Waals surface area contributed by atoms with Crippen LogP contribution < -0.4 is 4.73 Å². The van der Waals surface area contributed by atoms with Gasteiger partial charge in [0.05, 0.1) is 6.61 Å². The van der Waals surface area contributed by atoms with Crippen LogP contribution >= 0.6 is 0 Å². The van der Waals surface area contributed by atoms with Gasteiger partial charge in [0.2, 0.25) is 0 Å². The minimum atomic E-state index is -0.383. The fourth-order valence-corrected chi connectivity index (χ4v) is 0.890. The van der Waals surface area contributed by atoms with Gasteiger partial charge in [-0.1, -0.05) is 0 Å². The molecule has 0 aliphatic carbocycles. The summed E-state index contributed by atoms with van der Waals surface area (Å²) >= 11 is 0. The van der Waals surface area contributed by atoms with Crippen molar-refractivity contribution in [2.24, 2.45) is 0 Å². The zero-order valence-corrected chi connectivity index (χ0v) is 7.84. The standard InChI is InChI=1S/C10H11NO3/c1-2-14-10(12)4-3-9-5-7-11(13)8-6-9/h3-8H,2H2,1H3/b4-3+. The molecule has 1 aromatic heterocycles. The van der Waals surface area contributed by atoms with Crippen LogP contribution in [0.3, 0.4) is 0 Å². The molecule has 0 unspecified atom stereocenters. The first-order chi connectivity index (χ1) is 6.72. The van der Waals surface area contributed by atoms with E-state index >= 15 is 0 Å². The largest absolute Gasteiger partial charge is 0.619 e. The molecule has 14 heavy (non-hydrogen) atoms. The van der Waals surface area contributed by atoms with E-state index in [1.54, 1.807) is 25.1 Å². The quantitative estimate of drug-likeness (QED) is 0.310. The predicted octanol–water partition coefficient (Wildman–Crippen LogP) is 0.896. The van der Waals surface area contributed by atoms with Crippen LogP contribution in [0.4, 0.5) is 0 Å². The van der Waals surface area contributed by atoms with E-state index < -0.39 is 0 Å². The van der Waals surface area contributed by atoms with Crippen LogP contribution in [0.25, 0.3) is 6.08 Å². The Kier molecular flexibility index (Phi) is 3.67. The summed E-state index contributed by atoms with van der Waals surface area (Å²) in [5, 5.41) is 10.7. The third kappa shape index (κ3) is 3.26. The summed E-state index contributed by atoms with van der Waals surface area (Å²) in [5.41, 5.74) is 0.783. The van der Waals surface area contributed by atoms with Crippen LogP contribution in [0.15, 0.2) is 30.6 Å². The highest BCUT2D eigenvalue weighted by Gasteiger charge is 1.94. The van der Waals surface area contributed by atoms with E-state index in [9.17, 15) is 10.0 Å². The lowest BCUT2D eigenvalue weighted by molar-refractivity contribution is -0.605. The van der Waals surface area contributed by atoms with Crippen molar-refractivity contribution in [3.05, 3.63) is 41.4 Å². The minimum Gasteiger partial charge on any atom is -0.619 e. The molecule has 0 fully saturated rings. The molecule has 0 radical (unpaired) electrons. The number of hydrogen-bond acceptors (Lipinski definition) is 3. The summed E-state index contributed by atoms with van der Waals surface area (Å²) in [7, 11) is 0. The van der Waals surface area contributed by atoms with Gasteiger partial charge in [-0.3, -0.25) is 0 Å². The molecule has 0 aliphatic heterocycles. The summed E-state index contributed by atoms with van der Waals surface area (Å²) < 4.78 is 5.38. The fraction of sp³-hybridized carbons (Fsp3) is 0.200. The second kappa shape index (κ2) is 5.01. The molecule has 0 aromatic carbocycles. The number of aromatic nitrogens is 1. The summed E-state index contributed by atoms with van der Waals surface area (Å²) in [4.78, 5) is 10.9. The van der Waals surface area contributed by atoms with Crippen molar-refractivity contribution >= 4 is 12.0 Å². The second-order valence-electron chi connectivity index (χ2n) is 2.58. The Bertz CT molecular complexity index is 330. The van der Waals surface area contributed by atoms with Gasteiger partial charge in [0, 0.05) is 18.2 Å². The van der Waals surface area contributed by atoms with Crippen LogP contribution in [0.5, 0.6) is 0 Å². The Morgan fingerprint density at radius 2 is 2.21 bits per heavy atom. The topological polar surface area (TPSA) is 53.2 Å². The van der Waals surface area contributed by atoms with E-state index in [0.717, 1.165) is 5.56 Å². The molecule has 0 saturated heterocycles. The van der Waals surface area contributed by atoms with E-state index in [-0.39, 0.29) is 5.97 Å². The molecule has 1 heterocycles. The highest BCUT2D eigenvalue weighted by Crippen LogP contribution is 1.98. The lowest BCUT2D eigenvalue weighted by atomic mass is 10.2. The number of carbonyl (C=O) groups excluding carboxylic acids is 1.